The summed E-state index contributed by atoms with van der Waals surface area (Å²) in [5.41, 5.74) is 1.38. The van der Waals surface area contributed by atoms with Gasteiger partial charge in [-0.05, 0) is 41.5 Å². The van der Waals surface area contributed by atoms with Crippen LogP contribution >= 0.6 is 0 Å². The highest BCUT2D eigenvalue weighted by molar-refractivity contribution is 4.88. The average molecular weight is 273 g/mol. The van der Waals surface area contributed by atoms with E-state index in [1.54, 1.807) is 6.08 Å². The minimum absolute atomic E-state index is 1.25. The van der Waals surface area contributed by atoms with Crippen LogP contribution in [0.25, 0.3) is 0 Å². The highest BCUT2D eigenvalue weighted by Crippen LogP contribution is 1.82. The minimum Gasteiger partial charge on any atom is -0.103 e. The summed E-state index contributed by atoms with van der Waals surface area (Å²) in [6.45, 7) is 27.7. The third-order valence-electron chi connectivity index (χ3n) is 0.911. The standard InChI is InChI=1S/C5H10.C4H8.C3H8.C3H6.2C2H6/c1-4-5(2)3;1-3-4-2;2*1-3-2;2*1-2/h4H,1-3H3;3-4H,1-2H3;3H2,1-2H3;3H,1H2,2H3;2*1-2H3/b;4-3-;;;;. The lowest BCUT2D eigenvalue weighted by Crippen LogP contribution is -1.52. The first-order valence-electron chi connectivity index (χ1n) is 7.75. The molecule has 0 spiro atoms. The molecule has 0 radical (unpaired) electrons. The van der Waals surface area contributed by atoms with Crippen LogP contribution < -0.4 is 0 Å². The molecule has 0 aliphatic carbocycles. The Balaban J connectivity index is -0.0000000277. The molecule has 0 saturated heterocycles. The molecule has 19 heavy (non-hydrogen) atoms. The Bertz CT molecular complexity index is 119. The Morgan fingerprint density at radius 3 is 0.895 bits per heavy atom. The van der Waals surface area contributed by atoms with Gasteiger partial charge < -0.3 is 0 Å². The number of hydrogen-bond donors (Lipinski definition) is 0. The van der Waals surface area contributed by atoms with Gasteiger partial charge in [-0.3, -0.25) is 0 Å². The molecule has 0 N–H and O–H groups in total. The van der Waals surface area contributed by atoms with Crippen molar-refractivity contribution in [3.8, 4) is 0 Å². The summed E-state index contributed by atoms with van der Waals surface area (Å²) in [5.74, 6) is 0. The Morgan fingerprint density at radius 1 is 0.789 bits per heavy atom. The van der Waals surface area contributed by atoms with E-state index in [2.05, 4.69) is 40.3 Å². The van der Waals surface area contributed by atoms with Gasteiger partial charge in [0.15, 0.2) is 0 Å². The molecule has 0 aromatic heterocycles. The molecule has 0 fully saturated rings. The summed E-state index contributed by atoms with van der Waals surface area (Å²) in [5, 5.41) is 0. The summed E-state index contributed by atoms with van der Waals surface area (Å²) in [6, 6.07) is 0. The van der Waals surface area contributed by atoms with E-state index in [-0.39, 0.29) is 0 Å². The third kappa shape index (κ3) is 809. The second-order valence-corrected chi connectivity index (χ2v) is 3.15. The molecule has 0 aliphatic rings. The summed E-state index contributed by atoms with van der Waals surface area (Å²) in [4.78, 5) is 0. The number of hydrogen-bond acceptors (Lipinski definition) is 0. The predicted molar refractivity (Wildman–Crippen MR) is 100 cm³/mol. The van der Waals surface area contributed by atoms with Gasteiger partial charge in [-0.25, -0.2) is 0 Å². The van der Waals surface area contributed by atoms with E-state index in [1.807, 2.05) is 67.5 Å². The van der Waals surface area contributed by atoms with Crippen molar-refractivity contribution in [2.24, 2.45) is 0 Å². The van der Waals surface area contributed by atoms with Crippen molar-refractivity contribution in [1.29, 1.82) is 0 Å². The van der Waals surface area contributed by atoms with Crippen LogP contribution in [0.2, 0.25) is 0 Å². The SMILES string of the molecule is C/C=C\C.C=CC.CC.CC.CC=C(C)C.CCC. The zero-order valence-electron chi connectivity index (χ0n) is 16.2. The monoisotopic (exact) mass is 272 g/mol. The number of allylic oxidation sites excluding steroid dienone is 5. The van der Waals surface area contributed by atoms with Crippen LogP contribution in [-0.2, 0) is 0 Å². The maximum Gasteiger partial charge on any atom is -0.0442 e. The first-order valence-corrected chi connectivity index (χ1v) is 7.75. The van der Waals surface area contributed by atoms with Crippen molar-refractivity contribution in [1.82, 2.24) is 0 Å². The molecule has 0 nitrogen and oxygen atoms in total. The van der Waals surface area contributed by atoms with Gasteiger partial charge in [0.25, 0.3) is 0 Å². The lowest BCUT2D eigenvalue weighted by atomic mass is 10.3. The van der Waals surface area contributed by atoms with Gasteiger partial charge in [0.05, 0.1) is 0 Å². The smallest absolute Gasteiger partial charge is 0.0442 e. The van der Waals surface area contributed by atoms with Crippen molar-refractivity contribution >= 4 is 0 Å². The third-order valence-corrected chi connectivity index (χ3v) is 0.911. The van der Waals surface area contributed by atoms with Crippen LogP contribution in [0.5, 0.6) is 0 Å². The summed E-state index contributed by atoms with van der Waals surface area (Å²) in [6.07, 6.45) is 9.08. The molecule has 0 aliphatic heterocycles. The molecule has 0 aromatic rings. The molecule has 0 aromatic carbocycles. The fourth-order valence-corrected chi connectivity index (χ4v) is 0. The van der Waals surface area contributed by atoms with Gasteiger partial charge in [-0.1, -0.05) is 77.8 Å². The van der Waals surface area contributed by atoms with Crippen LogP contribution in [-0.4, -0.2) is 0 Å². The molecule has 0 amide bonds. The first-order chi connectivity index (χ1) is 9.01. The molecular weight excluding hydrogens is 228 g/mol. The maximum absolute atomic E-state index is 3.36. The van der Waals surface area contributed by atoms with E-state index < -0.39 is 0 Å². The highest BCUT2D eigenvalue weighted by atomic mass is 13.7. The van der Waals surface area contributed by atoms with E-state index >= 15 is 0 Å². The van der Waals surface area contributed by atoms with E-state index in [0.717, 1.165) is 0 Å². The molecule has 0 bridgehead atoms. The van der Waals surface area contributed by atoms with E-state index in [4.69, 9.17) is 0 Å². The molecule has 0 rings (SSSR count). The quantitative estimate of drug-likeness (QED) is 0.390. The second kappa shape index (κ2) is 86.9. The summed E-state index contributed by atoms with van der Waals surface area (Å²) >= 11 is 0. The second-order valence-electron chi connectivity index (χ2n) is 3.15. The Morgan fingerprint density at radius 2 is 0.895 bits per heavy atom. The lowest BCUT2D eigenvalue weighted by Gasteiger charge is -1.74. The van der Waals surface area contributed by atoms with Crippen LogP contribution in [0.4, 0.5) is 0 Å². The molecule has 0 saturated carbocycles. The highest BCUT2D eigenvalue weighted by Gasteiger charge is 1.60. The molecule has 120 valence electrons. The summed E-state index contributed by atoms with van der Waals surface area (Å²) < 4.78 is 0. The maximum atomic E-state index is 3.36. The molecule has 0 unspecified atom stereocenters. The molecule has 0 heterocycles. The average Bonchev–Trinajstić information content (AvgIpc) is 2.45. The Hall–Kier alpha value is -0.780. The van der Waals surface area contributed by atoms with Crippen LogP contribution in [0.3, 0.4) is 0 Å². The van der Waals surface area contributed by atoms with E-state index in [0.29, 0.717) is 0 Å². The Kier molecular flexibility index (Phi) is 165. The van der Waals surface area contributed by atoms with Crippen molar-refractivity contribution < 1.29 is 0 Å². The van der Waals surface area contributed by atoms with Crippen molar-refractivity contribution in [3.05, 3.63) is 36.5 Å². The summed E-state index contributed by atoms with van der Waals surface area (Å²) in [7, 11) is 0. The minimum atomic E-state index is 1.25. The van der Waals surface area contributed by atoms with Gasteiger partial charge >= 0.3 is 0 Å². The fraction of sp³-hybridized carbons (Fsp3) is 0.684. The zero-order valence-corrected chi connectivity index (χ0v) is 16.2. The zero-order chi connectivity index (χ0) is 17.1. The topological polar surface area (TPSA) is 0 Å². The molecular formula is C19H44. The predicted octanol–water partition coefficient (Wildman–Crippen LogP) is 8.22. The van der Waals surface area contributed by atoms with Crippen molar-refractivity contribution in [2.45, 2.75) is 89.5 Å². The molecule has 0 heteroatoms. The van der Waals surface area contributed by atoms with Crippen molar-refractivity contribution in [3.63, 3.8) is 0 Å². The van der Waals surface area contributed by atoms with Gasteiger partial charge in [-0.2, -0.15) is 0 Å². The van der Waals surface area contributed by atoms with Crippen molar-refractivity contribution in [2.75, 3.05) is 0 Å². The van der Waals surface area contributed by atoms with Crippen LogP contribution in [0.15, 0.2) is 36.5 Å². The van der Waals surface area contributed by atoms with Crippen LogP contribution in [0.1, 0.15) is 89.5 Å². The largest absolute Gasteiger partial charge is 0.103 e. The van der Waals surface area contributed by atoms with E-state index in [1.165, 1.54) is 12.0 Å². The Labute approximate surface area is 126 Å². The number of rotatable bonds is 0. The van der Waals surface area contributed by atoms with E-state index in [9.17, 15) is 0 Å². The van der Waals surface area contributed by atoms with Crippen LogP contribution in [0, 0.1) is 0 Å². The normalized spacial score (nSPS) is 6.11. The van der Waals surface area contributed by atoms with Gasteiger partial charge in [0.1, 0.15) is 0 Å². The van der Waals surface area contributed by atoms with Gasteiger partial charge in [-0.15, -0.1) is 6.58 Å². The van der Waals surface area contributed by atoms with Gasteiger partial charge in [0.2, 0.25) is 0 Å². The molecule has 0 atom stereocenters. The lowest BCUT2D eigenvalue weighted by molar-refractivity contribution is 1.09. The fourth-order valence-electron chi connectivity index (χ4n) is 0. The first kappa shape index (κ1) is 36.2. The van der Waals surface area contributed by atoms with Gasteiger partial charge in [0, 0.05) is 0 Å².